The average molecular weight is 570 g/mol. The van der Waals surface area contributed by atoms with Gasteiger partial charge in [0.25, 0.3) is 0 Å². The van der Waals surface area contributed by atoms with Crippen molar-refractivity contribution in [2.24, 2.45) is 4.99 Å². The largest absolute Gasteiger partial charge is 0.497 e. The van der Waals surface area contributed by atoms with Crippen LogP contribution < -0.4 is 20.3 Å². The summed E-state index contributed by atoms with van der Waals surface area (Å²) in [7, 11) is 3.53. The molecule has 8 nitrogen and oxygen atoms in total. The Morgan fingerprint density at radius 2 is 1.64 bits per heavy atom. The predicted octanol–water partition coefficient (Wildman–Crippen LogP) is 2.89. The molecule has 3 rings (SSSR count). The highest BCUT2D eigenvalue weighted by atomic mass is 127. The van der Waals surface area contributed by atoms with Crippen LogP contribution in [0.2, 0.25) is 0 Å². The number of hydrogen-bond donors (Lipinski definition) is 2. The number of ether oxygens (including phenoxy) is 1. The van der Waals surface area contributed by atoms with Gasteiger partial charge in [0.15, 0.2) is 5.96 Å². The van der Waals surface area contributed by atoms with E-state index >= 15 is 0 Å². The van der Waals surface area contributed by atoms with E-state index in [2.05, 4.69) is 60.3 Å². The van der Waals surface area contributed by atoms with E-state index in [9.17, 15) is 0 Å². The molecule has 1 saturated heterocycles. The normalized spacial score (nSPS) is 14.7. The molecule has 0 saturated carbocycles. The van der Waals surface area contributed by atoms with Crippen molar-refractivity contribution >= 4 is 35.6 Å². The zero-order chi connectivity index (χ0) is 22.8. The molecule has 33 heavy (non-hydrogen) atoms. The van der Waals surface area contributed by atoms with Crippen LogP contribution in [0.4, 0.5) is 5.69 Å². The fraction of sp³-hybridized carbons (Fsp3) is 0.583. The number of aliphatic imine (C=N–C) groups is 1. The third-order valence-corrected chi connectivity index (χ3v) is 5.92. The van der Waals surface area contributed by atoms with Crippen LogP contribution in [-0.2, 0) is 6.54 Å². The van der Waals surface area contributed by atoms with E-state index in [1.54, 1.807) is 7.11 Å². The second-order valence-corrected chi connectivity index (χ2v) is 8.31. The molecule has 0 aliphatic carbocycles. The molecule has 0 radical (unpaired) electrons. The van der Waals surface area contributed by atoms with Crippen LogP contribution >= 0.6 is 24.0 Å². The molecule has 1 aromatic heterocycles. The van der Waals surface area contributed by atoms with Gasteiger partial charge in [-0.15, -0.1) is 24.0 Å². The van der Waals surface area contributed by atoms with Crippen molar-refractivity contribution in [1.29, 1.82) is 0 Å². The van der Waals surface area contributed by atoms with Crippen LogP contribution in [0.15, 0.2) is 35.3 Å². The molecule has 0 bridgehead atoms. The van der Waals surface area contributed by atoms with Crippen molar-refractivity contribution in [3.05, 3.63) is 41.7 Å². The molecule has 0 atom stereocenters. The first kappa shape index (κ1) is 27.2. The van der Waals surface area contributed by atoms with Gasteiger partial charge >= 0.3 is 0 Å². The molecule has 1 aromatic carbocycles. The van der Waals surface area contributed by atoms with E-state index in [1.165, 1.54) is 11.4 Å². The summed E-state index contributed by atoms with van der Waals surface area (Å²) >= 11 is 0. The van der Waals surface area contributed by atoms with E-state index in [4.69, 9.17) is 4.74 Å². The summed E-state index contributed by atoms with van der Waals surface area (Å²) < 4.78 is 7.33. The van der Waals surface area contributed by atoms with Gasteiger partial charge in [0, 0.05) is 64.2 Å². The number of rotatable bonds is 10. The summed E-state index contributed by atoms with van der Waals surface area (Å²) in [4.78, 5) is 9.34. The lowest BCUT2D eigenvalue weighted by Gasteiger charge is -2.36. The van der Waals surface area contributed by atoms with Crippen LogP contribution in [0.1, 0.15) is 24.2 Å². The fourth-order valence-corrected chi connectivity index (χ4v) is 4.09. The van der Waals surface area contributed by atoms with Gasteiger partial charge in [-0.25, -0.2) is 0 Å². The zero-order valence-electron chi connectivity index (χ0n) is 20.5. The van der Waals surface area contributed by atoms with Crippen molar-refractivity contribution in [2.75, 3.05) is 64.9 Å². The Labute approximate surface area is 215 Å². The molecule has 1 aliphatic heterocycles. The first-order valence-corrected chi connectivity index (χ1v) is 11.7. The third kappa shape index (κ3) is 8.69. The van der Waals surface area contributed by atoms with E-state index in [1.807, 2.05) is 26.1 Å². The topological polar surface area (TPSA) is 70.0 Å². The Balaban J connectivity index is 0.00000385. The van der Waals surface area contributed by atoms with Gasteiger partial charge in [0.05, 0.1) is 12.8 Å². The van der Waals surface area contributed by atoms with Crippen molar-refractivity contribution in [3.63, 3.8) is 0 Å². The number of nitrogens with zero attached hydrogens (tertiary/aromatic N) is 5. The van der Waals surface area contributed by atoms with E-state index in [-0.39, 0.29) is 24.0 Å². The van der Waals surface area contributed by atoms with Crippen LogP contribution in [0, 0.1) is 13.8 Å². The summed E-state index contributed by atoms with van der Waals surface area (Å²) in [5, 5.41) is 11.4. The summed E-state index contributed by atoms with van der Waals surface area (Å²) in [5.74, 6) is 1.79. The Bertz CT molecular complexity index is 845. The van der Waals surface area contributed by atoms with Crippen molar-refractivity contribution in [3.8, 4) is 5.75 Å². The molecule has 9 heteroatoms. The molecule has 2 N–H and O–H groups in total. The highest BCUT2D eigenvalue weighted by Gasteiger charge is 2.16. The number of aryl methyl sites for hydroxylation is 3. The van der Waals surface area contributed by atoms with Crippen LogP contribution in [-0.4, -0.2) is 80.6 Å². The highest BCUT2D eigenvalue weighted by molar-refractivity contribution is 14.0. The lowest BCUT2D eigenvalue weighted by molar-refractivity contribution is 0.255. The predicted molar refractivity (Wildman–Crippen MR) is 147 cm³/mol. The second kappa shape index (κ2) is 14.3. The lowest BCUT2D eigenvalue weighted by atomic mass is 10.2. The molecule has 1 aliphatic rings. The van der Waals surface area contributed by atoms with Gasteiger partial charge in [0.2, 0.25) is 0 Å². The number of guanidine groups is 1. The van der Waals surface area contributed by atoms with Gasteiger partial charge in [-0.05, 0) is 63.6 Å². The van der Waals surface area contributed by atoms with Crippen LogP contribution in [0.25, 0.3) is 0 Å². The maximum Gasteiger partial charge on any atom is 0.190 e. The van der Waals surface area contributed by atoms with Crippen molar-refractivity contribution < 1.29 is 4.74 Å². The van der Waals surface area contributed by atoms with Crippen LogP contribution in [0.3, 0.4) is 0 Å². The molecule has 2 heterocycles. The van der Waals surface area contributed by atoms with E-state index in [0.29, 0.717) is 0 Å². The second-order valence-electron chi connectivity index (χ2n) is 8.31. The van der Waals surface area contributed by atoms with Gasteiger partial charge in [0.1, 0.15) is 5.75 Å². The molecule has 1 fully saturated rings. The van der Waals surface area contributed by atoms with E-state index < -0.39 is 0 Å². The molecule has 0 amide bonds. The highest BCUT2D eigenvalue weighted by Crippen LogP contribution is 2.20. The third-order valence-electron chi connectivity index (χ3n) is 5.92. The number of anilines is 1. The minimum atomic E-state index is 0. The van der Waals surface area contributed by atoms with E-state index in [0.717, 1.165) is 82.6 Å². The quantitative estimate of drug-likeness (QED) is 0.199. The van der Waals surface area contributed by atoms with Gasteiger partial charge < -0.3 is 20.3 Å². The molecule has 0 spiro atoms. The number of methoxy groups -OCH3 is 1. The number of aromatic nitrogens is 2. The number of halogens is 1. The summed E-state index contributed by atoms with van der Waals surface area (Å²) in [6.45, 7) is 12.3. The van der Waals surface area contributed by atoms with Gasteiger partial charge in [-0.2, -0.15) is 5.10 Å². The molecule has 184 valence electrons. The number of hydrogen-bond acceptors (Lipinski definition) is 5. The maximum atomic E-state index is 5.25. The lowest BCUT2D eigenvalue weighted by Crippen LogP contribution is -2.47. The summed E-state index contributed by atoms with van der Waals surface area (Å²) in [5.41, 5.74) is 3.57. The van der Waals surface area contributed by atoms with Crippen molar-refractivity contribution in [2.45, 2.75) is 33.2 Å². The minimum Gasteiger partial charge on any atom is -0.497 e. The summed E-state index contributed by atoms with van der Waals surface area (Å²) in [6.07, 6.45) is 2.12. The number of benzene rings is 1. The average Bonchev–Trinajstić information content (AvgIpc) is 3.15. The van der Waals surface area contributed by atoms with Gasteiger partial charge in [-0.1, -0.05) is 0 Å². The number of nitrogens with one attached hydrogen (secondary N) is 2. The Morgan fingerprint density at radius 3 is 2.18 bits per heavy atom. The monoisotopic (exact) mass is 569 g/mol. The zero-order valence-corrected chi connectivity index (χ0v) is 22.8. The minimum absolute atomic E-state index is 0. The SMILES string of the molecule is CN=C(NCCCN1CCN(c2ccc(OC)cc2)CC1)NCCCn1nc(C)cc1C.I. The summed E-state index contributed by atoms with van der Waals surface area (Å²) in [6, 6.07) is 10.5. The van der Waals surface area contributed by atoms with Crippen LogP contribution in [0.5, 0.6) is 5.75 Å². The Morgan fingerprint density at radius 1 is 1.00 bits per heavy atom. The number of piperazine rings is 1. The van der Waals surface area contributed by atoms with Crippen molar-refractivity contribution in [1.82, 2.24) is 25.3 Å². The first-order valence-electron chi connectivity index (χ1n) is 11.7. The Hall–Kier alpha value is -2.01. The Kier molecular flexibility index (Phi) is 11.8. The molecule has 0 unspecified atom stereocenters. The standard InChI is InChI=1S/C24H39N7O.HI/c1-20-19-21(2)31(28-20)14-6-12-27-24(25-3)26-11-5-13-29-15-17-30(18-16-29)22-7-9-23(32-4)10-8-22;/h7-10,19H,5-6,11-18H2,1-4H3,(H2,25,26,27);1H. The molecule has 2 aromatic rings. The first-order chi connectivity index (χ1) is 15.6. The fourth-order valence-electron chi connectivity index (χ4n) is 4.09. The van der Waals surface area contributed by atoms with Gasteiger partial charge in [-0.3, -0.25) is 14.6 Å². The molecular weight excluding hydrogens is 529 g/mol. The maximum absolute atomic E-state index is 5.25. The smallest absolute Gasteiger partial charge is 0.190 e. The molecular formula is C24H40IN7O.